The van der Waals surface area contributed by atoms with Crippen LogP contribution in [0.25, 0.3) is 0 Å². The van der Waals surface area contributed by atoms with Crippen LogP contribution in [0.1, 0.15) is 44.9 Å². The molecule has 4 saturated carbocycles. The van der Waals surface area contributed by atoms with E-state index < -0.39 is 30.1 Å². The highest BCUT2D eigenvalue weighted by atomic mass is 19.1. The lowest BCUT2D eigenvalue weighted by Crippen LogP contribution is -2.48. The maximum atomic E-state index is 13.5. The number of halogens is 2. The lowest BCUT2D eigenvalue weighted by molar-refractivity contribution is -0.147. The number of nitrogens with one attached hydrogen (secondary N) is 2. The predicted molar refractivity (Wildman–Crippen MR) is 104 cm³/mol. The molecule has 2 N–H and O–H groups in total. The van der Waals surface area contributed by atoms with Crippen molar-refractivity contribution in [2.24, 2.45) is 23.2 Å². The zero-order chi connectivity index (χ0) is 21.3. The quantitative estimate of drug-likeness (QED) is 0.664. The third-order valence-corrected chi connectivity index (χ3v) is 6.70. The average molecular weight is 420 g/mol. The Bertz CT molecular complexity index is 822. The first-order chi connectivity index (χ1) is 14.3. The van der Waals surface area contributed by atoms with Gasteiger partial charge in [-0.15, -0.1) is 0 Å². The van der Waals surface area contributed by atoms with E-state index in [1.165, 1.54) is 19.3 Å². The molecule has 0 saturated heterocycles. The third-order valence-electron chi connectivity index (χ3n) is 6.70. The maximum absolute atomic E-state index is 13.5. The molecule has 4 fully saturated rings. The van der Waals surface area contributed by atoms with Gasteiger partial charge < -0.3 is 15.4 Å². The Hall–Kier alpha value is -2.51. The van der Waals surface area contributed by atoms with Crippen molar-refractivity contribution >= 4 is 23.5 Å². The monoisotopic (exact) mass is 420 g/mol. The molecule has 0 atom stereocenters. The molecule has 0 spiro atoms. The van der Waals surface area contributed by atoms with Gasteiger partial charge in [0.25, 0.3) is 5.91 Å². The van der Waals surface area contributed by atoms with Crippen LogP contribution in [-0.4, -0.2) is 30.9 Å². The van der Waals surface area contributed by atoms with Crippen LogP contribution in [-0.2, 0) is 19.1 Å². The number of esters is 1. The molecule has 2 amide bonds. The van der Waals surface area contributed by atoms with Crippen LogP contribution in [0.3, 0.4) is 0 Å². The van der Waals surface area contributed by atoms with Crippen molar-refractivity contribution in [3.63, 3.8) is 0 Å². The summed E-state index contributed by atoms with van der Waals surface area (Å²) in [5.41, 5.74) is -0.122. The number of hydrogen-bond acceptors (Lipinski definition) is 4. The largest absolute Gasteiger partial charge is 0.454 e. The summed E-state index contributed by atoms with van der Waals surface area (Å²) in [4.78, 5) is 36.0. The zero-order valence-electron chi connectivity index (χ0n) is 16.7. The number of carbonyl (C=O) groups excluding carboxylic acids is 3. The lowest BCUT2D eigenvalue weighted by atomic mass is 9.49. The highest BCUT2D eigenvalue weighted by Gasteiger charge is 2.51. The molecule has 4 aliphatic rings. The van der Waals surface area contributed by atoms with E-state index in [0.717, 1.165) is 49.1 Å². The van der Waals surface area contributed by atoms with Crippen LogP contribution in [0.5, 0.6) is 0 Å². The smallest absolute Gasteiger partial charge is 0.325 e. The Labute approximate surface area is 173 Å². The minimum absolute atomic E-state index is 0.0852. The van der Waals surface area contributed by atoms with Crippen LogP contribution >= 0.6 is 0 Å². The summed E-state index contributed by atoms with van der Waals surface area (Å²) in [6.07, 6.45) is 7.67. The van der Waals surface area contributed by atoms with Gasteiger partial charge in [-0.3, -0.25) is 14.4 Å². The van der Waals surface area contributed by atoms with E-state index in [1.807, 2.05) is 0 Å². The molecule has 0 aliphatic heterocycles. The van der Waals surface area contributed by atoms with E-state index in [-0.39, 0.29) is 23.6 Å². The highest BCUT2D eigenvalue weighted by Crippen LogP contribution is 2.61. The van der Waals surface area contributed by atoms with E-state index in [1.54, 1.807) is 0 Å². The number of ether oxygens (including phenoxy) is 1. The fraction of sp³-hybridized carbons (Fsp3) is 0.591. The molecule has 162 valence electrons. The van der Waals surface area contributed by atoms with Gasteiger partial charge in [0, 0.05) is 12.5 Å². The SMILES string of the molecule is O=C(CC12CC3CC(CC(C3)C1)C2)NCC(=O)OCC(=O)Nc1ccc(F)cc1F. The van der Waals surface area contributed by atoms with Crippen molar-refractivity contribution in [2.45, 2.75) is 44.9 Å². The van der Waals surface area contributed by atoms with E-state index in [0.29, 0.717) is 12.5 Å². The molecular weight excluding hydrogens is 394 g/mol. The molecule has 4 bridgehead atoms. The fourth-order valence-corrected chi connectivity index (χ4v) is 6.05. The molecule has 0 radical (unpaired) electrons. The molecule has 5 rings (SSSR count). The third kappa shape index (κ3) is 4.79. The molecule has 8 heteroatoms. The van der Waals surface area contributed by atoms with Gasteiger partial charge >= 0.3 is 5.97 Å². The van der Waals surface area contributed by atoms with E-state index in [9.17, 15) is 23.2 Å². The average Bonchev–Trinajstić information content (AvgIpc) is 2.65. The standard InChI is InChI=1S/C22H26F2N2O4/c23-16-1-2-18(17(24)6-16)26-20(28)12-30-21(29)11-25-19(27)10-22-7-13-3-14(8-22)5-15(4-13)9-22/h1-2,6,13-15H,3-5,7-12H2,(H,25,27)(H,26,28). The second-order valence-corrected chi connectivity index (χ2v) is 9.20. The first-order valence-corrected chi connectivity index (χ1v) is 10.5. The van der Waals surface area contributed by atoms with Gasteiger partial charge in [0.15, 0.2) is 6.61 Å². The number of hydrogen-bond donors (Lipinski definition) is 2. The highest BCUT2D eigenvalue weighted by molar-refractivity contribution is 5.93. The second-order valence-electron chi connectivity index (χ2n) is 9.20. The maximum Gasteiger partial charge on any atom is 0.325 e. The molecule has 0 heterocycles. The van der Waals surface area contributed by atoms with Gasteiger partial charge in [-0.05, 0) is 73.8 Å². The van der Waals surface area contributed by atoms with Crippen LogP contribution < -0.4 is 10.6 Å². The Balaban J connectivity index is 1.18. The Kier molecular flexibility index (Phi) is 5.75. The van der Waals surface area contributed by atoms with Crippen molar-refractivity contribution in [3.05, 3.63) is 29.8 Å². The zero-order valence-corrected chi connectivity index (χ0v) is 16.7. The van der Waals surface area contributed by atoms with Crippen molar-refractivity contribution in [2.75, 3.05) is 18.5 Å². The number of amides is 2. The number of benzene rings is 1. The van der Waals surface area contributed by atoms with E-state index in [2.05, 4.69) is 10.6 Å². The first-order valence-electron chi connectivity index (χ1n) is 10.5. The molecule has 1 aromatic carbocycles. The topological polar surface area (TPSA) is 84.5 Å². The molecule has 0 unspecified atom stereocenters. The van der Waals surface area contributed by atoms with Gasteiger partial charge in [0.05, 0.1) is 5.69 Å². The van der Waals surface area contributed by atoms with Gasteiger partial charge in [-0.25, -0.2) is 8.78 Å². The van der Waals surface area contributed by atoms with Crippen LogP contribution in [0, 0.1) is 34.8 Å². The van der Waals surface area contributed by atoms with E-state index >= 15 is 0 Å². The molecule has 30 heavy (non-hydrogen) atoms. The van der Waals surface area contributed by atoms with Crippen molar-refractivity contribution in [3.8, 4) is 0 Å². The summed E-state index contributed by atoms with van der Waals surface area (Å²) in [5.74, 6) is -1.10. The Morgan fingerprint density at radius 1 is 1.00 bits per heavy atom. The van der Waals surface area contributed by atoms with Gasteiger partial charge in [0.2, 0.25) is 5.91 Å². The molecular formula is C22H26F2N2O4. The Morgan fingerprint density at radius 2 is 1.63 bits per heavy atom. The number of rotatable bonds is 7. The first kappa shape index (κ1) is 20.8. The Morgan fingerprint density at radius 3 is 2.23 bits per heavy atom. The molecule has 1 aromatic rings. The normalized spacial score (nSPS) is 28.8. The summed E-state index contributed by atoms with van der Waals surface area (Å²) in [5, 5.41) is 4.80. The summed E-state index contributed by atoms with van der Waals surface area (Å²) >= 11 is 0. The number of carbonyl (C=O) groups is 3. The molecule has 4 aliphatic carbocycles. The van der Waals surface area contributed by atoms with Crippen molar-refractivity contribution in [1.29, 1.82) is 0 Å². The van der Waals surface area contributed by atoms with Crippen LogP contribution in [0.4, 0.5) is 14.5 Å². The minimum Gasteiger partial charge on any atom is -0.454 e. The summed E-state index contributed by atoms with van der Waals surface area (Å²) in [7, 11) is 0. The molecule has 6 nitrogen and oxygen atoms in total. The van der Waals surface area contributed by atoms with Gasteiger partial charge in [-0.2, -0.15) is 0 Å². The molecule has 0 aromatic heterocycles. The van der Waals surface area contributed by atoms with Crippen molar-refractivity contribution in [1.82, 2.24) is 5.32 Å². The van der Waals surface area contributed by atoms with Crippen LogP contribution in [0.2, 0.25) is 0 Å². The minimum atomic E-state index is -0.924. The number of anilines is 1. The van der Waals surface area contributed by atoms with Gasteiger partial charge in [-0.1, -0.05) is 0 Å². The predicted octanol–water partition coefficient (Wildman–Crippen LogP) is 3.17. The van der Waals surface area contributed by atoms with Crippen molar-refractivity contribution < 1.29 is 27.9 Å². The van der Waals surface area contributed by atoms with Gasteiger partial charge in [0.1, 0.15) is 18.2 Å². The fourth-order valence-electron chi connectivity index (χ4n) is 6.05. The second kappa shape index (κ2) is 8.32. The summed E-state index contributed by atoms with van der Waals surface area (Å²) < 4.78 is 31.2. The summed E-state index contributed by atoms with van der Waals surface area (Å²) in [6.45, 7) is -0.941. The summed E-state index contributed by atoms with van der Waals surface area (Å²) in [6, 6.07) is 2.72. The van der Waals surface area contributed by atoms with E-state index in [4.69, 9.17) is 4.74 Å². The van der Waals surface area contributed by atoms with Crippen LogP contribution in [0.15, 0.2) is 18.2 Å². The lowest BCUT2D eigenvalue weighted by Gasteiger charge is -2.56.